The number of nitrogens with zero attached hydrogens (tertiary/aromatic N) is 4. The Hall–Kier alpha value is -8.65. The summed E-state index contributed by atoms with van der Waals surface area (Å²) in [7, 11) is 0. The molecule has 0 radical (unpaired) electrons. The molecule has 0 unspecified atom stereocenters. The van der Waals surface area contributed by atoms with Crippen LogP contribution in [0.4, 0.5) is 18.9 Å². The molecule has 0 saturated heterocycles. The zero-order valence-electron chi connectivity index (χ0n) is 37.7. The van der Waals surface area contributed by atoms with E-state index in [-0.39, 0.29) is 5.69 Å². The molecule has 0 N–H and O–H groups in total. The van der Waals surface area contributed by atoms with Crippen LogP contribution in [0.2, 0.25) is 0 Å². The van der Waals surface area contributed by atoms with Crippen molar-refractivity contribution in [1.82, 2.24) is 9.13 Å². The predicted molar refractivity (Wildman–Crippen MR) is 272 cm³/mol. The van der Waals surface area contributed by atoms with Crippen LogP contribution in [0.5, 0.6) is 0 Å². The second-order valence-electron chi connectivity index (χ2n) is 17.7. The molecule has 0 atom stereocenters. The van der Waals surface area contributed by atoms with E-state index in [1.165, 1.54) is 28.3 Å². The van der Waals surface area contributed by atoms with E-state index >= 15 is 0 Å². The molecule has 0 amide bonds. The zero-order chi connectivity index (χ0) is 47.0. The van der Waals surface area contributed by atoms with Gasteiger partial charge in [-0.2, -0.15) is 18.4 Å². The van der Waals surface area contributed by atoms with Gasteiger partial charge in [0.15, 0.2) is 5.69 Å². The van der Waals surface area contributed by atoms with Crippen LogP contribution in [-0.4, -0.2) is 9.13 Å². The van der Waals surface area contributed by atoms with Gasteiger partial charge < -0.3 is 9.13 Å². The van der Waals surface area contributed by atoms with Crippen molar-refractivity contribution in [1.29, 1.82) is 5.26 Å². The second kappa shape index (κ2) is 16.0. The van der Waals surface area contributed by atoms with Gasteiger partial charge in [0, 0.05) is 38.2 Å². The molecule has 0 fully saturated rings. The van der Waals surface area contributed by atoms with Gasteiger partial charge in [0.05, 0.1) is 51.6 Å². The molecular weight excluding hydrogens is 846 g/mol. The SMILES string of the molecule is [C-]#[N+]c1cc(C(F)(F)F)ccc1-c1ccc(-n2c3ccccc3c3cc(-c4ccc(C)cc4C)ccc32)c(-c2cc(C#N)ccc2-n2c3ccccc3c3cc(-c4ccc(C)cc4C)ccc32)c1. The highest BCUT2D eigenvalue weighted by Gasteiger charge is 2.31. The molecule has 9 aromatic carbocycles. The molecule has 0 aliphatic rings. The summed E-state index contributed by atoms with van der Waals surface area (Å²) in [6.07, 6.45) is -4.61. The lowest BCUT2D eigenvalue weighted by atomic mass is 9.93. The number of aryl methyl sites for hydroxylation is 4. The molecular formula is C61H41F3N4. The van der Waals surface area contributed by atoms with Crippen LogP contribution in [0.3, 0.4) is 0 Å². The average Bonchev–Trinajstić information content (AvgIpc) is 3.85. The Morgan fingerprint density at radius 2 is 0.926 bits per heavy atom. The van der Waals surface area contributed by atoms with Crippen molar-refractivity contribution in [3.05, 3.63) is 221 Å². The first-order chi connectivity index (χ1) is 32.9. The minimum atomic E-state index is -4.61. The number of para-hydroxylation sites is 2. The fourth-order valence-corrected chi connectivity index (χ4v) is 10.3. The topological polar surface area (TPSA) is 38.0 Å². The largest absolute Gasteiger partial charge is 0.415 e. The Morgan fingerprint density at radius 3 is 1.44 bits per heavy atom. The van der Waals surface area contributed by atoms with Crippen LogP contribution >= 0.6 is 0 Å². The van der Waals surface area contributed by atoms with Crippen LogP contribution in [0.25, 0.3) is 104 Å². The van der Waals surface area contributed by atoms with Crippen molar-refractivity contribution in [2.24, 2.45) is 0 Å². The van der Waals surface area contributed by atoms with Gasteiger partial charge in [0.2, 0.25) is 0 Å². The van der Waals surface area contributed by atoms with E-state index in [4.69, 9.17) is 6.57 Å². The van der Waals surface area contributed by atoms with Gasteiger partial charge in [-0.05, 0) is 145 Å². The normalized spacial score (nSPS) is 11.7. The molecule has 11 rings (SSSR count). The highest BCUT2D eigenvalue weighted by atomic mass is 19.4. The minimum absolute atomic E-state index is 0.109. The summed E-state index contributed by atoms with van der Waals surface area (Å²) in [4.78, 5) is 3.61. The first-order valence-electron chi connectivity index (χ1n) is 22.4. The zero-order valence-corrected chi connectivity index (χ0v) is 37.7. The molecule has 0 aliphatic heterocycles. The van der Waals surface area contributed by atoms with Crippen LogP contribution in [0, 0.1) is 45.6 Å². The molecule has 0 aliphatic carbocycles. The molecule has 11 aromatic rings. The van der Waals surface area contributed by atoms with Crippen LogP contribution in [-0.2, 0) is 6.18 Å². The maximum Gasteiger partial charge on any atom is 0.415 e. The maximum atomic E-state index is 14.0. The highest BCUT2D eigenvalue weighted by Crippen LogP contribution is 2.45. The predicted octanol–water partition coefficient (Wildman–Crippen LogP) is 17.2. The van der Waals surface area contributed by atoms with Crippen molar-refractivity contribution >= 4 is 49.3 Å². The van der Waals surface area contributed by atoms with Gasteiger partial charge in [-0.1, -0.05) is 114 Å². The number of benzene rings is 9. The first-order valence-corrected chi connectivity index (χ1v) is 22.4. The summed E-state index contributed by atoms with van der Waals surface area (Å²) < 4.78 is 46.6. The number of rotatable bonds is 6. The highest BCUT2D eigenvalue weighted by molar-refractivity contribution is 6.13. The minimum Gasteiger partial charge on any atom is -0.309 e. The molecule has 0 spiro atoms. The van der Waals surface area contributed by atoms with Gasteiger partial charge in [-0.3, -0.25) is 0 Å². The van der Waals surface area contributed by atoms with Crippen molar-refractivity contribution in [3.8, 4) is 62.0 Å². The maximum absolute atomic E-state index is 14.0. The molecule has 4 nitrogen and oxygen atoms in total. The Bertz CT molecular complexity index is 3980. The lowest BCUT2D eigenvalue weighted by Gasteiger charge is -2.20. The number of aromatic nitrogens is 2. The third-order valence-corrected chi connectivity index (χ3v) is 13.4. The third-order valence-electron chi connectivity index (χ3n) is 13.4. The van der Waals surface area contributed by atoms with Crippen LogP contribution < -0.4 is 0 Å². The smallest absolute Gasteiger partial charge is 0.309 e. The number of fused-ring (bicyclic) bond motifs is 6. The van der Waals surface area contributed by atoms with E-state index in [0.717, 1.165) is 100 Å². The van der Waals surface area contributed by atoms with E-state index in [9.17, 15) is 18.4 Å². The molecule has 68 heavy (non-hydrogen) atoms. The van der Waals surface area contributed by atoms with Crippen molar-refractivity contribution in [2.75, 3.05) is 0 Å². The summed E-state index contributed by atoms with van der Waals surface area (Å²) in [6.45, 7) is 16.5. The molecule has 2 heterocycles. The van der Waals surface area contributed by atoms with Crippen molar-refractivity contribution in [3.63, 3.8) is 0 Å². The number of alkyl halides is 3. The number of hydrogen-bond donors (Lipinski definition) is 0. The van der Waals surface area contributed by atoms with E-state index in [0.29, 0.717) is 16.7 Å². The standard InChI is InChI=1S/C61H41F3N4/c1-36-14-21-45(38(3)28-36)41-17-25-58-51(31-41)48-10-6-8-12-55(48)67(58)57-24-16-40(35-65)30-50(57)53-33-43(47-23-20-44(61(62,63)64)34-54(47)66-5)19-27-60(53)68-56-13-9-7-11-49(56)52-32-42(18-26-59(52)68)46-22-15-37(2)29-39(46)4/h6-34H,1-4H3. The Balaban J connectivity index is 1.22. The monoisotopic (exact) mass is 886 g/mol. The van der Waals surface area contributed by atoms with Gasteiger partial charge in [0.1, 0.15) is 0 Å². The van der Waals surface area contributed by atoms with Crippen LogP contribution in [0.1, 0.15) is 33.4 Å². The fourth-order valence-electron chi connectivity index (χ4n) is 10.3. The van der Waals surface area contributed by atoms with Gasteiger partial charge >= 0.3 is 6.18 Å². The fraction of sp³-hybridized carbons (Fsp3) is 0.0820. The van der Waals surface area contributed by atoms with Gasteiger partial charge in [-0.15, -0.1) is 0 Å². The van der Waals surface area contributed by atoms with Gasteiger partial charge in [-0.25, -0.2) is 4.85 Å². The quantitative estimate of drug-likeness (QED) is 0.153. The molecule has 2 aromatic heterocycles. The van der Waals surface area contributed by atoms with Crippen molar-refractivity contribution in [2.45, 2.75) is 33.9 Å². The number of nitriles is 1. The second-order valence-corrected chi connectivity index (χ2v) is 17.7. The Labute approximate surface area is 391 Å². The number of hydrogen-bond acceptors (Lipinski definition) is 1. The summed E-state index contributed by atoms with van der Waals surface area (Å²) in [5, 5.41) is 14.8. The van der Waals surface area contributed by atoms with E-state index in [1.807, 2.05) is 60.7 Å². The summed E-state index contributed by atoms with van der Waals surface area (Å²) in [5.74, 6) is 0. The first kappa shape index (κ1) is 42.0. The lowest BCUT2D eigenvalue weighted by molar-refractivity contribution is -0.137. The third kappa shape index (κ3) is 6.91. The van der Waals surface area contributed by atoms with E-state index in [2.05, 4.69) is 145 Å². The van der Waals surface area contributed by atoms with Crippen LogP contribution in [0.15, 0.2) is 176 Å². The Kier molecular flexibility index (Phi) is 9.92. The molecule has 0 bridgehead atoms. The molecule has 0 saturated carbocycles. The summed E-state index contributed by atoms with van der Waals surface area (Å²) in [5.41, 5.74) is 16.6. The number of halogens is 3. The Morgan fingerprint density at radius 1 is 0.456 bits per heavy atom. The van der Waals surface area contributed by atoms with Crippen molar-refractivity contribution < 1.29 is 13.2 Å². The van der Waals surface area contributed by atoms with Gasteiger partial charge in [0.25, 0.3) is 0 Å². The molecule has 326 valence electrons. The van der Waals surface area contributed by atoms with E-state index < -0.39 is 11.7 Å². The summed E-state index contributed by atoms with van der Waals surface area (Å²) >= 11 is 0. The lowest BCUT2D eigenvalue weighted by Crippen LogP contribution is -2.04. The van der Waals surface area contributed by atoms with E-state index in [1.54, 1.807) is 0 Å². The molecule has 7 heteroatoms. The summed E-state index contributed by atoms with van der Waals surface area (Å²) in [6, 6.07) is 60.0. The average molecular weight is 887 g/mol.